The largest absolute Gasteiger partial charge is 0.330 e. The standard InChI is InChI=1S/C14H15N5OS/c1-2-11(20)19-8-3-4-10(19)12-13(16-6-5-15-12)18-14-17-7-9-21-14/h2,5-7,9-10H,1,3-4,8H2,(H,16,17,18)/t10-/m1/s1. The minimum atomic E-state index is -0.0663. The van der Waals surface area contributed by atoms with Crippen molar-refractivity contribution in [2.75, 3.05) is 11.9 Å². The van der Waals surface area contributed by atoms with Crippen molar-refractivity contribution in [3.63, 3.8) is 0 Å². The first-order valence-corrected chi connectivity index (χ1v) is 7.58. The van der Waals surface area contributed by atoms with Crippen LogP contribution in [-0.4, -0.2) is 32.3 Å². The second-order valence-corrected chi connectivity index (χ2v) is 5.54. The summed E-state index contributed by atoms with van der Waals surface area (Å²) in [6.07, 6.45) is 8.20. The van der Waals surface area contributed by atoms with Gasteiger partial charge in [0.15, 0.2) is 10.9 Å². The van der Waals surface area contributed by atoms with E-state index in [9.17, 15) is 4.79 Å². The van der Waals surface area contributed by atoms with Crippen molar-refractivity contribution in [1.29, 1.82) is 0 Å². The van der Waals surface area contributed by atoms with Gasteiger partial charge in [0.05, 0.1) is 6.04 Å². The summed E-state index contributed by atoms with van der Waals surface area (Å²) >= 11 is 1.49. The smallest absolute Gasteiger partial charge is 0.246 e. The van der Waals surface area contributed by atoms with Crippen LogP contribution in [0.1, 0.15) is 24.6 Å². The van der Waals surface area contributed by atoms with Crippen LogP contribution < -0.4 is 5.32 Å². The zero-order valence-electron chi connectivity index (χ0n) is 11.4. The highest BCUT2D eigenvalue weighted by Gasteiger charge is 2.31. The fourth-order valence-corrected chi connectivity index (χ4v) is 3.04. The van der Waals surface area contributed by atoms with E-state index in [-0.39, 0.29) is 11.9 Å². The highest BCUT2D eigenvalue weighted by atomic mass is 32.1. The molecule has 1 aliphatic rings. The normalized spacial score (nSPS) is 17.7. The summed E-state index contributed by atoms with van der Waals surface area (Å²) < 4.78 is 0. The summed E-state index contributed by atoms with van der Waals surface area (Å²) in [4.78, 5) is 26.7. The van der Waals surface area contributed by atoms with Crippen LogP contribution in [0.2, 0.25) is 0 Å². The molecule has 108 valence electrons. The molecule has 1 aliphatic heterocycles. The van der Waals surface area contributed by atoms with Gasteiger partial charge in [-0.25, -0.2) is 9.97 Å². The first-order valence-electron chi connectivity index (χ1n) is 6.70. The van der Waals surface area contributed by atoms with E-state index in [1.165, 1.54) is 17.4 Å². The molecule has 0 spiro atoms. The number of aromatic nitrogens is 3. The van der Waals surface area contributed by atoms with E-state index < -0.39 is 0 Å². The van der Waals surface area contributed by atoms with Gasteiger partial charge < -0.3 is 10.2 Å². The van der Waals surface area contributed by atoms with Crippen molar-refractivity contribution in [2.45, 2.75) is 18.9 Å². The van der Waals surface area contributed by atoms with E-state index in [0.717, 1.165) is 30.2 Å². The van der Waals surface area contributed by atoms with Gasteiger partial charge in [-0.3, -0.25) is 9.78 Å². The maximum Gasteiger partial charge on any atom is 0.246 e. The van der Waals surface area contributed by atoms with Crippen LogP contribution in [0.3, 0.4) is 0 Å². The predicted molar refractivity (Wildman–Crippen MR) is 81.3 cm³/mol. The molecule has 0 saturated carbocycles. The Balaban J connectivity index is 1.91. The summed E-state index contributed by atoms with van der Waals surface area (Å²) in [7, 11) is 0. The molecule has 0 aliphatic carbocycles. The molecule has 1 amide bonds. The van der Waals surface area contributed by atoms with E-state index >= 15 is 0 Å². The number of nitrogens with zero attached hydrogens (tertiary/aromatic N) is 4. The fourth-order valence-electron chi connectivity index (χ4n) is 2.51. The number of hydrogen-bond donors (Lipinski definition) is 1. The summed E-state index contributed by atoms with van der Waals surface area (Å²) in [5, 5.41) is 5.83. The lowest BCUT2D eigenvalue weighted by atomic mass is 10.1. The quantitative estimate of drug-likeness (QED) is 0.879. The SMILES string of the molecule is C=CC(=O)N1CCC[C@@H]1c1nccnc1Nc1nccs1. The van der Waals surface area contributed by atoms with E-state index in [2.05, 4.69) is 26.8 Å². The highest BCUT2D eigenvalue weighted by Crippen LogP contribution is 2.34. The van der Waals surface area contributed by atoms with E-state index in [4.69, 9.17) is 0 Å². The number of carbonyl (C=O) groups is 1. The Labute approximate surface area is 126 Å². The number of carbonyl (C=O) groups excluding carboxylic acids is 1. The van der Waals surface area contributed by atoms with Crippen LogP contribution in [0.5, 0.6) is 0 Å². The predicted octanol–water partition coefficient (Wildman–Crippen LogP) is 2.53. The highest BCUT2D eigenvalue weighted by molar-refractivity contribution is 7.13. The number of likely N-dealkylation sites (tertiary alicyclic amines) is 1. The first kappa shape index (κ1) is 13.7. The van der Waals surface area contributed by atoms with Crippen molar-refractivity contribution in [3.05, 3.63) is 42.3 Å². The van der Waals surface area contributed by atoms with E-state index in [0.29, 0.717) is 5.82 Å². The van der Waals surface area contributed by atoms with Gasteiger partial charge in [0, 0.05) is 30.5 Å². The van der Waals surface area contributed by atoms with Crippen LogP contribution in [0.25, 0.3) is 0 Å². The Kier molecular flexibility index (Phi) is 3.92. The molecule has 1 fully saturated rings. The summed E-state index contributed by atoms with van der Waals surface area (Å²) in [5.41, 5.74) is 0.778. The number of hydrogen-bond acceptors (Lipinski definition) is 6. The molecule has 21 heavy (non-hydrogen) atoms. The fraction of sp³-hybridized carbons (Fsp3) is 0.286. The van der Waals surface area contributed by atoms with Crippen LogP contribution >= 0.6 is 11.3 Å². The number of thiazole rings is 1. The maximum atomic E-state index is 12.0. The second-order valence-electron chi connectivity index (χ2n) is 4.65. The van der Waals surface area contributed by atoms with Crippen LogP contribution in [-0.2, 0) is 4.79 Å². The van der Waals surface area contributed by atoms with Crippen LogP contribution in [0.4, 0.5) is 10.9 Å². The summed E-state index contributed by atoms with van der Waals surface area (Å²) in [6, 6.07) is -0.0633. The third-order valence-electron chi connectivity index (χ3n) is 3.41. The van der Waals surface area contributed by atoms with Gasteiger partial charge in [-0.1, -0.05) is 6.58 Å². The van der Waals surface area contributed by atoms with Gasteiger partial charge in [-0.2, -0.15) is 0 Å². The second kappa shape index (κ2) is 6.01. The average molecular weight is 301 g/mol. The third kappa shape index (κ3) is 2.78. The minimum absolute atomic E-state index is 0.0633. The lowest BCUT2D eigenvalue weighted by Gasteiger charge is -2.24. The molecule has 0 bridgehead atoms. The van der Waals surface area contributed by atoms with Gasteiger partial charge in [0.2, 0.25) is 5.91 Å². The Morgan fingerprint density at radius 3 is 3.00 bits per heavy atom. The molecular formula is C14H15N5OS. The van der Waals surface area contributed by atoms with Crippen molar-refractivity contribution >= 4 is 28.2 Å². The van der Waals surface area contributed by atoms with E-state index in [1.54, 1.807) is 23.5 Å². The van der Waals surface area contributed by atoms with Crippen molar-refractivity contribution in [1.82, 2.24) is 19.9 Å². The third-order valence-corrected chi connectivity index (χ3v) is 4.10. The minimum Gasteiger partial charge on any atom is -0.330 e. The van der Waals surface area contributed by atoms with Gasteiger partial charge in [0.25, 0.3) is 0 Å². The van der Waals surface area contributed by atoms with Gasteiger partial charge in [-0.05, 0) is 18.9 Å². The molecule has 6 nitrogen and oxygen atoms in total. The molecule has 0 aromatic carbocycles. The zero-order chi connectivity index (χ0) is 14.7. The molecular weight excluding hydrogens is 286 g/mol. The summed E-state index contributed by atoms with van der Waals surface area (Å²) in [6.45, 7) is 4.29. The molecule has 3 rings (SSSR count). The number of rotatable bonds is 4. The monoisotopic (exact) mass is 301 g/mol. The lowest BCUT2D eigenvalue weighted by Crippen LogP contribution is -2.29. The molecule has 0 radical (unpaired) electrons. The molecule has 2 aromatic rings. The Morgan fingerprint density at radius 2 is 2.24 bits per heavy atom. The molecule has 1 saturated heterocycles. The van der Waals surface area contributed by atoms with Crippen LogP contribution in [0.15, 0.2) is 36.6 Å². The maximum absolute atomic E-state index is 12.0. The lowest BCUT2D eigenvalue weighted by molar-refractivity contribution is -0.126. The van der Waals surface area contributed by atoms with Crippen molar-refractivity contribution < 1.29 is 4.79 Å². The molecule has 3 heterocycles. The number of amides is 1. The van der Waals surface area contributed by atoms with Gasteiger partial charge in [-0.15, -0.1) is 11.3 Å². The molecule has 1 N–H and O–H groups in total. The zero-order valence-corrected chi connectivity index (χ0v) is 12.2. The van der Waals surface area contributed by atoms with Crippen LogP contribution in [0, 0.1) is 0 Å². The molecule has 0 unspecified atom stereocenters. The topological polar surface area (TPSA) is 71.0 Å². The van der Waals surface area contributed by atoms with Gasteiger partial charge in [0.1, 0.15) is 5.69 Å². The Hall–Kier alpha value is -2.28. The Morgan fingerprint density at radius 1 is 1.38 bits per heavy atom. The Bertz CT molecular complexity index is 643. The van der Waals surface area contributed by atoms with Crippen molar-refractivity contribution in [2.24, 2.45) is 0 Å². The average Bonchev–Trinajstić information content (AvgIpc) is 3.18. The molecule has 1 atom stereocenters. The number of anilines is 2. The van der Waals surface area contributed by atoms with Gasteiger partial charge >= 0.3 is 0 Å². The molecule has 7 heteroatoms. The van der Waals surface area contributed by atoms with Crippen molar-refractivity contribution in [3.8, 4) is 0 Å². The number of nitrogens with one attached hydrogen (secondary N) is 1. The summed E-state index contributed by atoms with van der Waals surface area (Å²) in [5.74, 6) is 0.588. The first-order chi connectivity index (χ1) is 10.3. The van der Waals surface area contributed by atoms with E-state index in [1.807, 2.05) is 5.38 Å². The molecule has 2 aromatic heterocycles.